The molecule has 6 nitrogen and oxygen atoms in total. The van der Waals surface area contributed by atoms with Gasteiger partial charge in [-0.25, -0.2) is 4.79 Å². The van der Waals surface area contributed by atoms with Crippen LogP contribution in [0.3, 0.4) is 0 Å². The van der Waals surface area contributed by atoms with E-state index in [0.717, 1.165) is 32.5 Å². The van der Waals surface area contributed by atoms with Crippen molar-refractivity contribution in [1.82, 2.24) is 0 Å². The molecule has 0 bridgehead atoms. The summed E-state index contributed by atoms with van der Waals surface area (Å²) in [7, 11) is 0. The summed E-state index contributed by atoms with van der Waals surface area (Å²) in [4.78, 5) is 22.5. The third-order valence-electron chi connectivity index (χ3n) is 5.31. The van der Waals surface area contributed by atoms with Crippen LogP contribution in [0.2, 0.25) is 0 Å². The molecule has 0 radical (unpaired) electrons. The number of nitro benzene ring substituents is 1. The monoisotopic (exact) mass is 397 g/mol. The van der Waals surface area contributed by atoms with Gasteiger partial charge >= 0.3 is 6.16 Å². The smallest absolute Gasteiger partial charge is 0.395 e. The zero-order valence-electron chi connectivity index (χ0n) is 15.9. The number of non-ortho nitro benzene ring substituents is 1. The lowest BCUT2D eigenvalue weighted by molar-refractivity contribution is -0.384. The van der Waals surface area contributed by atoms with Gasteiger partial charge in [-0.15, -0.1) is 0 Å². The van der Waals surface area contributed by atoms with Gasteiger partial charge in [0.25, 0.3) is 5.69 Å². The summed E-state index contributed by atoms with van der Waals surface area (Å²) in [5.41, 5.74) is 0.750. The van der Waals surface area contributed by atoms with Crippen molar-refractivity contribution in [2.45, 2.75) is 6.92 Å². The van der Waals surface area contributed by atoms with E-state index < -0.39 is 11.1 Å². The molecular weight excluding hydrogens is 382 g/mol. The summed E-state index contributed by atoms with van der Waals surface area (Å²) in [5, 5.41) is 17.4. The second-order valence-corrected chi connectivity index (χ2v) is 7.06. The normalized spacial score (nSPS) is 11.2. The van der Waals surface area contributed by atoms with Crippen LogP contribution in [0.4, 0.5) is 10.5 Å². The average Bonchev–Trinajstić information content (AvgIpc) is 2.74. The van der Waals surface area contributed by atoms with Crippen LogP contribution in [0.5, 0.6) is 11.5 Å². The van der Waals surface area contributed by atoms with Crippen LogP contribution in [-0.2, 0) is 0 Å². The van der Waals surface area contributed by atoms with E-state index in [1.54, 1.807) is 0 Å². The number of rotatable bonds is 3. The van der Waals surface area contributed by atoms with E-state index in [9.17, 15) is 14.9 Å². The highest BCUT2D eigenvalue weighted by Gasteiger charge is 2.16. The molecular formula is C24H15NO5. The second-order valence-electron chi connectivity index (χ2n) is 7.06. The third-order valence-corrected chi connectivity index (χ3v) is 5.31. The topological polar surface area (TPSA) is 78.7 Å². The van der Waals surface area contributed by atoms with E-state index in [1.165, 1.54) is 29.7 Å². The lowest BCUT2D eigenvalue weighted by atomic mass is 9.92. The van der Waals surface area contributed by atoms with E-state index >= 15 is 0 Å². The van der Waals surface area contributed by atoms with Crippen molar-refractivity contribution >= 4 is 44.2 Å². The number of hydrogen-bond acceptors (Lipinski definition) is 5. The molecule has 0 aromatic heterocycles. The first-order valence-electron chi connectivity index (χ1n) is 9.32. The number of aryl methyl sites for hydroxylation is 1. The highest BCUT2D eigenvalue weighted by Crippen LogP contribution is 2.39. The van der Waals surface area contributed by atoms with Crippen LogP contribution in [-0.4, -0.2) is 11.1 Å². The molecule has 0 aliphatic rings. The number of nitrogens with zero attached hydrogens (tertiary/aromatic N) is 1. The largest absolute Gasteiger partial charge is 0.519 e. The Morgan fingerprint density at radius 3 is 2.20 bits per heavy atom. The predicted octanol–water partition coefficient (Wildman–Crippen LogP) is 6.38. The maximum Gasteiger partial charge on any atom is 0.519 e. The van der Waals surface area contributed by atoms with Crippen molar-refractivity contribution < 1.29 is 19.2 Å². The van der Waals surface area contributed by atoms with Crippen molar-refractivity contribution in [2.24, 2.45) is 0 Å². The summed E-state index contributed by atoms with van der Waals surface area (Å²) in [6.07, 6.45) is -0.903. The summed E-state index contributed by atoms with van der Waals surface area (Å²) >= 11 is 0. The quantitative estimate of drug-likeness (QED) is 0.116. The molecule has 6 heteroatoms. The zero-order chi connectivity index (χ0) is 20.8. The van der Waals surface area contributed by atoms with Crippen molar-refractivity contribution in [2.75, 3.05) is 0 Å². The molecule has 0 amide bonds. The Balaban J connectivity index is 1.50. The Labute approximate surface area is 170 Å². The van der Waals surface area contributed by atoms with E-state index in [1.807, 2.05) is 31.2 Å². The van der Waals surface area contributed by atoms with Crippen molar-refractivity contribution in [1.29, 1.82) is 0 Å². The fourth-order valence-corrected chi connectivity index (χ4v) is 3.87. The first-order valence-corrected chi connectivity index (χ1v) is 9.32. The van der Waals surface area contributed by atoms with E-state index in [4.69, 9.17) is 9.47 Å². The molecule has 5 aromatic rings. The van der Waals surface area contributed by atoms with Gasteiger partial charge in [0.2, 0.25) is 0 Å². The highest BCUT2D eigenvalue weighted by molar-refractivity contribution is 6.24. The molecule has 5 aromatic carbocycles. The van der Waals surface area contributed by atoms with Crippen LogP contribution in [0.1, 0.15) is 5.56 Å². The number of hydrogen-bond donors (Lipinski definition) is 0. The Kier molecular flexibility index (Phi) is 3.99. The van der Waals surface area contributed by atoms with Crippen LogP contribution in [0.15, 0.2) is 72.8 Å². The van der Waals surface area contributed by atoms with Gasteiger partial charge in [-0.1, -0.05) is 42.5 Å². The molecule has 0 unspecified atom stereocenters. The molecule has 0 aliphatic heterocycles. The first-order chi connectivity index (χ1) is 14.5. The minimum Gasteiger partial charge on any atom is -0.395 e. The van der Waals surface area contributed by atoms with Gasteiger partial charge in [0.1, 0.15) is 11.5 Å². The van der Waals surface area contributed by atoms with Crippen molar-refractivity contribution in [3.8, 4) is 11.5 Å². The second kappa shape index (κ2) is 6.70. The number of ether oxygens (including phenoxy) is 2. The Hall–Kier alpha value is -4.19. The fraction of sp³-hybridized carbons (Fsp3) is 0.0417. The SMILES string of the molecule is Cc1c(OC(=O)Oc2ccc([N+](=O)[O-])cc2)cc2ccc3cccc4ccc1c2c34. The maximum absolute atomic E-state index is 12.3. The van der Waals surface area contributed by atoms with Gasteiger partial charge in [0.15, 0.2) is 0 Å². The van der Waals surface area contributed by atoms with E-state index in [2.05, 4.69) is 24.3 Å². The zero-order valence-corrected chi connectivity index (χ0v) is 15.9. The molecule has 0 saturated carbocycles. The number of nitro groups is 1. The predicted molar refractivity (Wildman–Crippen MR) is 115 cm³/mol. The van der Waals surface area contributed by atoms with Gasteiger partial charge in [0, 0.05) is 12.1 Å². The van der Waals surface area contributed by atoms with Gasteiger partial charge in [-0.3, -0.25) is 10.1 Å². The number of carbonyl (C=O) groups excluding carboxylic acids is 1. The van der Waals surface area contributed by atoms with E-state index in [-0.39, 0.29) is 11.4 Å². The molecule has 0 saturated heterocycles. The van der Waals surface area contributed by atoms with Crippen LogP contribution in [0.25, 0.3) is 32.3 Å². The van der Waals surface area contributed by atoms with Crippen molar-refractivity contribution in [3.63, 3.8) is 0 Å². The Bertz CT molecular complexity index is 1420. The highest BCUT2D eigenvalue weighted by atomic mass is 16.7. The molecule has 146 valence electrons. The van der Waals surface area contributed by atoms with Crippen LogP contribution < -0.4 is 9.47 Å². The summed E-state index contributed by atoms with van der Waals surface area (Å²) < 4.78 is 10.7. The Morgan fingerprint density at radius 2 is 1.50 bits per heavy atom. The lowest BCUT2D eigenvalue weighted by Gasteiger charge is -2.15. The standard InChI is InChI=1S/C24H15NO5/c1-14-20-12-7-16-4-2-3-15-5-6-17(23(20)22(15)16)13-21(14)30-24(26)29-19-10-8-18(9-11-19)25(27)28/h2-13H,1H3. The van der Waals surface area contributed by atoms with Crippen LogP contribution in [0, 0.1) is 17.0 Å². The van der Waals surface area contributed by atoms with Gasteiger partial charge in [-0.05, 0) is 63.0 Å². The van der Waals surface area contributed by atoms with E-state index in [0.29, 0.717) is 5.75 Å². The summed E-state index contributed by atoms with van der Waals surface area (Å²) in [5.74, 6) is 0.578. The molecule has 0 N–H and O–H groups in total. The lowest BCUT2D eigenvalue weighted by Crippen LogP contribution is -2.14. The molecule has 0 atom stereocenters. The summed E-state index contributed by atoms with van der Waals surface area (Å²) in [6, 6.07) is 21.5. The number of carbonyl (C=O) groups is 1. The molecule has 5 rings (SSSR count). The molecule has 0 fully saturated rings. The van der Waals surface area contributed by atoms with Gasteiger partial charge in [0.05, 0.1) is 4.92 Å². The minimum absolute atomic E-state index is 0.0847. The molecule has 30 heavy (non-hydrogen) atoms. The maximum atomic E-state index is 12.3. The minimum atomic E-state index is -0.903. The third kappa shape index (κ3) is 2.86. The molecule has 0 spiro atoms. The summed E-state index contributed by atoms with van der Waals surface area (Å²) in [6.45, 7) is 1.90. The Morgan fingerprint density at radius 1 is 0.833 bits per heavy atom. The van der Waals surface area contributed by atoms with Gasteiger partial charge in [-0.2, -0.15) is 0 Å². The fourth-order valence-electron chi connectivity index (χ4n) is 3.87. The average molecular weight is 397 g/mol. The first kappa shape index (κ1) is 17.9. The van der Waals surface area contributed by atoms with Crippen LogP contribution >= 0.6 is 0 Å². The van der Waals surface area contributed by atoms with Crippen molar-refractivity contribution in [3.05, 3.63) is 88.5 Å². The molecule has 0 heterocycles. The van der Waals surface area contributed by atoms with Gasteiger partial charge < -0.3 is 9.47 Å². The number of benzene rings is 5. The molecule has 0 aliphatic carbocycles.